The third kappa shape index (κ3) is 5.92. The summed E-state index contributed by atoms with van der Waals surface area (Å²) < 4.78 is 1.63. The first-order valence-electron chi connectivity index (χ1n) is 12.0. The zero-order chi connectivity index (χ0) is 22.7. The van der Waals surface area contributed by atoms with E-state index in [2.05, 4.69) is 37.1 Å². The second-order valence-corrected chi connectivity index (χ2v) is 9.81. The minimum absolute atomic E-state index is 0.0111. The van der Waals surface area contributed by atoms with Crippen LogP contribution in [0.1, 0.15) is 49.7 Å². The molecule has 1 unspecified atom stereocenters. The summed E-state index contributed by atoms with van der Waals surface area (Å²) in [5.41, 5.74) is 2.57. The largest absolute Gasteiger partial charge is 0.309 e. The Morgan fingerprint density at radius 1 is 1.00 bits per heavy atom. The number of carbonyl (C=O) groups excluding carboxylic acids is 1. The maximum absolute atomic E-state index is 12.9. The summed E-state index contributed by atoms with van der Waals surface area (Å²) in [5.74, 6) is 2.61. The molecule has 0 radical (unpaired) electrons. The van der Waals surface area contributed by atoms with Crippen LogP contribution in [0.2, 0.25) is 0 Å². The van der Waals surface area contributed by atoms with Gasteiger partial charge in [-0.25, -0.2) is 9.97 Å². The molecular formula is C24H37N7O. The second-order valence-electron chi connectivity index (χ2n) is 9.81. The molecule has 1 atom stereocenters. The van der Waals surface area contributed by atoms with Gasteiger partial charge in [-0.2, -0.15) is 9.78 Å². The summed E-state index contributed by atoms with van der Waals surface area (Å²) >= 11 is 0. The molecule has 1 amide bonds. The van der Waals surface area contributed by atoms with Gasteiger partial charge < -0.3 is 10.2 Å². The minimum Gasteiger partial charge on any atom is -0.309 e. The molecule has 2 saturated heterocycles. The highest BCUT2D eigenvalue weighted by Crippen LogP contribution is 2.22. The van der Waals surface area contributed by atoms with Crippen molar-refractivity contribution in [1.29, 1.82) is 0 Å². The second kappa shape index (κ2) is 10.1. The predicted octanol–water partition coefficient (Wildman–Crippen LogP) is 2.97. The molecular weight excluding hydrogens is 402 g/mol. The molecule has 0 saturated carbocycles. The fourth-order valence-electron chi connectivity index (χ4n) is 4.98. The quantitative estimate of drug-likeness (QED) is 0.746. The van der Waals surface area contributed by atoms with Crippen molar-refractivity contribution in [3.63, 3.8) is 0 Å². The average molecular weight is 440 g/mol. The van der Waals surface area contributed by atoms with Crippen molar-refractivity contribution in [2.75, 3.05) is 44.6 Å². The maximum Gasteiger partial charge on any atom is 0.252 e. The van der Waals surface area contributed by atoms with Gasteiger partial charge in [0.05, 0.1) is 12.2 Å². The van der Waals surface area contributed by atoms with Crippen LogP contribution in [-0.4, -0.2) is 74.7 Å². The molecule has 2 aliphatic rings. The Morgan fingerprint density at radius 3 is 2.44 bits per heavy atom. The third-order valence-electron chi connectivity index (χ3n) is 6.62. The van der Waals surface area contributed by atoms with Gasteiger partial charge in [0.2, 0.25) is 5.91 Å². The number of aryl methyl sites for hydroxylation is 3. The Balaban J connectivity index is 1.35. The monoisotopic (exact) mass is 439 g/mol. The number of aromatic nitrogens is 4. The molecule has 1 N–H and O–H groups in total. The molecule has 174 valence electrons. The van der Waals surface area contributed by atoms with Gasteiger partial charge >= 0.3 is 0 Å². The van der Waals surface area contributed by atoms with E-state index in [9.17, 15) is 4.79 Å². The lowest BCUT2D eigenvalue weighted by molar-refractivity contribution is -0.117. The maximum atomic E-state index is 12.9. The number of nitrogens with one attached hydrogen (secondary N) is 1. The molecule has 0 aromatic carbocycles. The van der Waals surface area contributed by atoms with Gasteiger partial charge in [0.15, 0.2) is 0 Å². The van der Waals surface area contributed by atoms with Crippen LogP contribution >= 0.6 is 0 Å². The number of hydrogen-bond acceptors (Lipinski definition) is 6. The number of anilines is 1. The summed E-state index contributed by atoms with van der Waals surface area (Å²) in [6, 6.07) is 3.80. The van der Waals surface area contributed by atoms with Crippen LogP contribution in [0.5, 0.6) is 0 Å². The van der Waals surface area contributed by atoms with Crippen LogP contribution in [0.25, 0.3) is 5.95 Å². The molecule has 8 heteroatoms. The first-order valence-corrected chi connectivity index (χ1v) is 12.0. The van der Waals surface area contributed by atoms with Gasteiger partial charge in [0, 0.05) is 30.5 Å². The minimum atomic E-state index is -0.0111. The van der Waals surface area contributed by atoms with E-state index in [0.717, 1.165) is 42.5 Å². The van der Waals surface area contributed by atoms with Gasteiger partial charge in [-0.1, -0.05) is 6.92 Å². The lowest BCUT2D eigenvalue weighted by Crippen LogP contribution is -2.45. The Morgan fingerprint density at radius 2 is 1.72 bits per heavy atom. The summed E-state index contributed by atoms with van der Waals surface area (Å²) in [4.78, 5) is 26.8. The van der Waals surface area contributed by atoms with Crippen LogP contribution in [0.4, 0.5) is 5.82 Å². The molecule has 0 aliphatic carbocycles. The van der Waals surface area contributed by atoms with Gasteiger partial charge in [0.1, 0.15) is 5.82 Å². The highest BCUT2D eigenvalue weighted by atomic mass is 16.2. The molecule has 2 aromatic heterocycles. The molecule has 0 spiro atoms. The molecule has 0 bridgehead atoms. The van der Waals surface area contributed by atoms with E-state index >= 15 is 0 Å². The van der Waals surface area contributed by atoms with Crippen molar-refractivity contribution in [3.05, 3.63) is 29.2 Å². The molecule has 8 nitrogen and oxygen atoms in total. The Bertz CT molecular complexity index is 912. The Hall–Kier alpha value is -2.32. The number of carbonyl (C=O) groups is 1. The molecule has 32 heavy (non-hydrogen) atoms. The van der Waals surface area contributed by atoms with E-state index in [-0.39, 0.29) is 5.91 Å². The van der Waals surface area contributed by atoms with Gasteiger partial charge in [-0.05, 0) is 84.0 Å². The summed E-state index contributed by atoms with van der Waals surface area (Å²) in [6.07, 6.45) is 5.06. The van der Waals surface area contributed by atoms with Crippen LogP contribution < -0.4 is 5.32 Å². The fraction of sp³-hybridized carbons (Fsp3) is 0.667. The molecule has 2 aromatic rings. The number of likely N-dealkylation sites (tertiary alicyclic amines) is 2. The van der Waals surface area contributed by atoms with E-state index in [4.69, 9.17) is 0 Å². The number of piperidine rings is 2. The first kappa shape index (κ1) is 22.9. The van der Waals surface area contributed by atoms with Gasteiger partial charge in [0.25, 0.3) is 5.95 Å². The fourth-order valence-corrected chi connectivity index (χ4v) is 4.98. The molecule has 2 fully saturated rings. The molecule has 4 heterocycles. The standard InChI is InChI=1S/C24H37N7O/c1-17-7-10-29(11-8-17)14-21-6-5-9-30(15-21)16-23(32)27-22-13-20(4)28-31(22)24-25-18(2)12-19(3)26-24/h12-13,17,21H,5-11,14-16H2,1-4H3,(H,27,32). The SMILES string of the molecule is Cc1cc(C)nc(-n2nc(C)cc2NC(=O)CN2CCCC(CN3CCC(C)CC3)C2)n1. The summed E-state index contributed by atoms with van der Waals surface area (Å²) in [5, 5.41) is 7.55. The molecule has 4 rings (SSSR count). The van der Waals surface area contributed by atoms with Gasteiger partial charge in [-0.3, -0.25) is 9.69 Å². The lowest BCUT2D eigenvalue weighted by Gasteiger charge is -2.37. The van der Waals surface area contributed by atoms with Crippen molar-refractivity contribution in [2.24, 2.45) is 11.8 Å². The zero-order valence-corrected chi connectivity index (χ0v) is 20.0. The van der Waals surface area contributed by atoms with E-state index in [1.54, 1.807) is 4.68 Å². The van der Waals surface area contributed by atoms with E-state index in [1.807, 2.05) is 32.9 Å². The summed E-state index contributed by atoms with van der Waals surface area (Å²) in [6.45, 7) is 14.1. The Labute approximate surface area is 191 Å². The highest BCUT2D eigenvalue weighted by molar-refractivity contribution is 5.91. The predicted molar refractivity (Wildman–Crippen MR) is 126 cm³/mol. The number of hydrogen-bond donors (Lipinski definition) is 1. The first-order chi connectivity index (χ1) is 15.4. The number of nitrogens with zero attached hydrogens (tertiary/aromatic N) is 6. The van der Waals surface area contributed by atoms with E-state index in [0.29, 0.717) is 24.2 Å². The smallest absolute Gasteiger partial charge is 0.252 e. The summed E-state index contributed by atoms with van der Waals surface area (Å²) in [7, 11) is 0. The van der Waals surface area contributed by atoms with E-state index in [1.165, 1.54) is 38.9 Å². The van der Waals surface area contributed by atoms with Crippen molar-refractivity contribution in [2.45, 2.75) is 53.4 Å². The van der Waals surface area contributed by atoms with Crippen LogP contribution in [0.3, 0.4) is 0 Å². The molecule has 2 aliphatic heterocycles. The van der Waals surface area contributed by atoms with Crippen molar-refractivity contribution in [1.82, 2.24) is 29.5 Å². The number of amides is 1. The highest BCUT2D eigenvalue weighted by Gasteiger charge is 2.25. The number of rotatable bonds is 6. The average Bonchev–Trinajstić information content (AvgIpc) is 3.09. The normalized spacial score (nSPS) is 21.1. The van der Waals surface area contributed by atoms with Gasteiger partial charge in [-0.15, -0.1) is 0 Å². The van der Waals surface area contributed by atoms with Crippen molar-refractivity contribution < 1.29 is 4.79 Å². The van der Waals surface area contributed by atoms with E-state index < -0.39 is 0 Å². The zero-order valence-electron chi connectivity index (χ0n) is 20.0. The van der Waals surface area contributed by atoms with Crippen LogP contribution in [0.15, 0.2) is 12.1 Å². The van der Waals surface area contributed by atoms with Crippen LogP contribution in [-0.2, 0) is 4.79 Å². The topological polar surface area (TPSA) is 79.2 Å². The van der Waals surface area contributed by atoms with Crippen molar-refractivity contribution in [3.8, 4) is 5.95 Å². The Kier molecular flexibility index (Phi) is 7.20. The van der Waals surface area contributed by atoms with Crippen LogP contribution in [0, 0.1) is 32.6 Å². The van der Waals surface area contributed by atoms with Crippen molar-refractivity contribution >= 4 is 11.7 Å². The lowest BCUT2D eigenvalue weighted by atomic mass is 9.94. The third-order valence-corrected chi connectivity index (χ3v) is 6.62.